The van der Waals surface area contributed by atoms with Gasteiger partial charge in [-0.05, 0) is 24.6 Å². The lowest BCUT2D eigenvalue weighted by molar-refractivity contribution is 0.738. The van der Waals surface area contributed by atoms with Crippen LogP contribution in [0.5, 0.6) is 0 Å². The molecule has 0 atom stereocenters. The number of hydrogen-bond donors (Lipinski definition) is 1. The van der Waals surface area contributed by atoms with Crippen molar-refractivity contribution in [2.24, 2.45) is 5.73 Å². The molecule has 3 nitrogen and oxygen atoms in total. The van der Waals surface area contributed by atoms with Gasteiger partial charge in [0.15, 0.2) is 0 Å². The van der Waals surface area contributed by atoms with Crippen LogP contribution in [0, 0.1) is 6.92 Å². The number of imidazole rings is 1. The second kappa shape index (κ2) is 5.89. The second-order valence-electron chi connectivity index (χ2n) is 3.86. The maximum absolute atomic E-state index is 5.56. The molecule has 0 amide bonds. The number of benzene rings is 1. The van der Waals surface area contributed by atoms with E-state index in [0.717, 1.165) is 18.1 Å². The molecule has 0 saturated heterocycles. The molecule has 0 aliphatic carbocycles. The summed E-state index contributed by atoms with van der Waals surface area (Å²) in [6.45, 7) is 3.63. The first-order valence-corrected chi connectivity index (χ1v) is 6.67. The van der Waals surface area contributed by atoms with Gasteiger partial charge < -0.3 is 10.3 Å². The molecule has 0 aliphatic rings. The average molecular weight is 247 g/mol. The van der Waals surface area contributed by atoms with Crippen molar-refractivity contribution in [3.63, 3.8) is 0 Å². The zero-order valence-corrected chi connectivity index (χ0v) is 10.8. The Morgan fingerprint density at radius 2 is 2.06 bits per heavy atom. The molecule has 0 aliphatic heterocycles. The topological polar surface area (TPSA) is 43.8 Å². The predicted molar refractivity (Wildman–Crippen MR) is 72.0 cm³/mol. The fourth-order valence-corrected chi connectivity index (χ4v) is 2.48. The molecule has 1 aromatic carbocycles. The van der Waals surface area contributed by atoms with Gasteiger partial charge in [0.05, 0.1) is 0 Å². The van der Waals surface area contributed by atoms with Crippen molar-refractivity contribution >= 4 is 11.8 Å². The molecule has 2 aromatic rings. The van der Waals surface area contributed by atoms with E-state index >= 15 is 0 Å². The molecule has 0 fully saturated rings. The number of thioether (sulfide) groups is 1. The van der Waals surface area contributed by atoms with Crippen molar-refractivity contribution in [1.29, 1.82) is 0 Å². The standard InChI is InChI=1S/C13H17N3S/c1-11-15-6-7-16(11)8-9-17-13-4-2-12(10-14)3-5-13/h2-7H,8-10,14H2,1H3. The Hall–Kier alpha value is -1.26. The lowest BCUT2D eigenvalue weighted by Gasteiger charge is -2.05. The molecule has 90 valence electrons. The van der Waals surface area contributed by atoms with Crippen molar-refractivity contribution in [3.05, 3.63) is 48.0 Å². The van der Waals surface area contributed by atoms with Crippen LogP contribution in [0.25, 0.3) is 0 Å². The number of nitrogens with two attached hydrogens (primary N) is 1. The van der Waals surface area contributed by atoms with Gasteiger partial charge in [-0.1, -0.05) is 12.1 Å². The fourth-order valence-electron chi connectivity index (χ4n) is 1.62. The molecule has 17 heavy (non-hydrogen) atoms. The van der Waals surface area contributed by atoms with E-state index in [4.69, 9.17) is 5.73 Å². The minimum absolute atomic E-state index is 0.610. The van der Waals surface area contributed by atoms with Crippen molar-refractivity contribution in [1.82, 2.24) is 9.55 Å². The molecule has 0 radical (unpaired) electrons. The summed E-state index contributed by atoms with van der Waals surface area (Å²) in [4.78, 5) is 5.50. The van der Waals surface area contributed by atoms with Crippen LogP contribution in [0.3, 0.4) is 0 Å². The van der Waals surface area contributed by atoms with Crippen LogP contribution in [0.1, 0.15) is 11.4 Å². The Morgan fingerprint density at radius 1 is 1.29 bits per heavy atom. The summed E-state index contributed by atoms with van der Waals surface area (Å²) < 4.78 is 2.17. The van der Waals surface area contributed by atoms with Crippen molar-refractivity contribution in [2.75, 3.05) is 5.75 Å². The quantitative estimate of drug-likeness (QED) is 0.825. The van der Waals surface area contributed by atoms with Gasteiger partial charge in [-0.2, -0.15) is 0 Å². The van der Waals surface area contributed by atoms with Crippen LogP contribution in [-0.2, 0) is 13.1 Å². The molecule has 1 aromatic heterocycles. The fraction of sp³-hybridized carbons (Fsp3) is 0.308. The third-order valence-electron chi connectivity index (χ3n) is 2.68. The normalized spacial score (nSPS) is 10.7. The van der Waals surface area contributed by atoms with Crippen LogP contribution in [0.2, 0.25) is 0 Å². The van der Waals surface area contributed by atoms with E-state index in [-0.39, 0.29) is 0 Å². The lowest BCUT2D eigenvalue weighted by atomic mass is 10.2. The highest BCUT2D eigenvalue weighted by Gasteiger charge is 1.98. The first kappa shape index (κ1) is 12.2. The lowest BCUT2D eigenvalue weighted by Crippen LogP contribution is -2.01. The molecule has 0 saturated carbocycles. The van der Waals surface area contributed by atoms with Gasteiger partial charge in [0, 0.05) is 36.1 Å². The summed E-state index contributed by atoms with van der Waals surface area (Å²) >= 11 is 1.86. The maximum Gasteiger partial charge on any atom is 0.105 e. The minimum atomic E-state index is 0.610. The minimum Gasteiger partial charge on any atom is -0.334 e. The Labute approximate surface area is 106 Å². The van der Waals surface area contributed by atoms with Crippen molar-refractivity contribution in [3.8, 4) is 0 Å². The largest absolute Gasteiger partial charge is 0.334 e. The second-order valence-corrected chi connectivity index (χ2v) is 5.03. The first-order valence-electron chi connectivity index (χ1n) is 5.69. The highest BCUT2D eigenvalue weighted by Crippen LogP contribution is 2.18. The van der Waals surface area contributed by atoms with Gasteiger partial charge in [0.2, 0.25) is 0 Å². The molecule has 2 N–H and O–H groups in total. The average Bonchev–Trinajstić information content (AvgIpc) is 2.76. The molecular weight excluding hydrogens is 230 g/mol. The van der Waals surface area contributed by atoms with E-state index < -0.39 is 0 Å². The van der Waals surface area contributed by atoms with Gasteiger partial charge >= 0.3 is 0 Å². The SMILES string of the molecule is Cc1nccn1CCSc1ccc(CN)cc1. The van der Waals surface area contributed by atoms with Gasteiger partial charge in [-0.3, -0.25) is 0 Å². The molecule has 0 spiro atoms. The van der Waals surface area contributed by atoms with E-state index in [1.54, 1.807) is 0 Å². The number of rotatable bonds is 5. The smallest absolute Gasteiger partial charge is 0.105 e. The van der Waals surface area contributed by atoms with Gasteiger partial charge in [0.1, 0.15) is 5.82 Å². The summed E-state index contributed by atoms with van der Waals surface area (Å²) in [5, 5.41) is 0. The Morgan fingerprint density at radius 3 is 2.65 bits per heavy atom. The zero-order valence-electron chi connectivity index (χ0n) is 9.97. The zero-order chi connectivity index (χ0) is 12.1. The summed E-state index contributed by atoms with van der Waals surface area (Å²) in [7, 11) is 0. The third kappa shape index (κ3) is 3.35. The molecule has 4 heteroatoms. The summed E-state index contributed by atoms with van der Waals surface area (Å²) in [6.07, 6.45) is 3.86. The van der Waals surface area contributed by atoms with Crippen LogP contribution < -0.4 is 5.73 Å². The Bertz CT molecular complexity index is 462. The van der Waals surface area contributed by atoms with Crippen molar-refractivity contribution in [2.45, 2.75) is 24.9 Å². The predicted octanol–water partition coefficient (Wildman–Crippen LogP) is 2.44. The van der Waals surface area contributed by atoms with Crippen LogP contribution in [0.15, 0.2) is 41.6 Å². The third-order valence-corrected chi connectivity index (χ3v) is 3.68. The van der Waals surface area contributed by atoms with E-state index in [2.05, 4.69) is 33.8 Å². The Balaban J connectivity index is 1.83. The molecule has 0 bridgehead atoms. The molecule has 1 heterocycles. The monoisotopic (exact) mass is 247 g/mol. The van der Waals surface area contributed by atoms with Crippen molar-refractivity contribution < 1.29 is 0 Å². The summed E-state index contributed by atoms with van der Waals surface area (Å²) in [5.74, 6) is 2.13. The number of aromatic nitrogens is 2. The van der Waals surface area contributed by atoms with E-state index in [1.165, 1.54) is 10.5 Å². The van der Waals surface area contributed by atoms with Crippen LogP contribution in [0.4, 0.5) is 0 Å². The summed E-state index contributed by atoms with van der Waals surface area (Å²) in [5.41, 5.74) is 6.74. The van der Waals surface area contributed by atoms with Gasteiger partial charge in [-0.15, -0.1) is 11.8 Å². The van der Waals surface area contributed by atoms with E-state index in [0.29, 0.717) is 6.54 Å². The van der Waals surface area contributed by atoms with E-state index in [1.807, 2.05) is 31.1 Å². The van der Waals surface area contributed by atoms with Crippen LogP contribution >= 0.6 is 11.8 Å². The van der Waals surface area contributed by atoms with Gasteiger partial charge in [0.25, 0.3) is 0 Å². The maximum atomic E-state index is 5.56. The van der Waals surface area contributed by atoms with E-state index in [9.17, 15) is 0 Å². The summed E-state index contributed by atoms with van der Waals surface area (Å²) in [6, 6.07) is 8.44. The number of hydrogen-bond acceptors (Lipinski definition) is 3. The first-order chi connectivity index (χ1) is 8.29. The number of nitrogens with zero attached hydrogens (tertiary/aromatic N) is 2. The highest BCUT2D eigenvalue weighted by atomic mass is 32.2. The highest BCUT2D eigenvalue weighted by molar-refractivity contribution is 7.99. The molecule has 0 unspecified atom stereocenters. The molecule has 2 rings (SSSR count). The van der Waals surface area contributed by atoms with Crippen LogP contribution in [-0.4, -0.2) is 15.3 Å². The Kier molecular flexibility index (Phi) is 4.23. The molecular formula is C13H17N3S. The van der Waals surface area contributed by atoms with Gasteiger partial charge in [-0.25, -0.2) is 4.98 Å². The number of aryl methyl sites for hydroxylation is 2.